The second-order valence-electron chi connectivity index (χ2n) is 4.53. The first-order valence-corrected chi connectivity index (χ1v) is 7.35. The fourth-order valence-electron chi connectivity index (χ4n) is 1.38. The second-order valence-corrected chi connectivity index (χ2v) is 6.37. The monoisotopic (exact) mass is 288 g/mol. The van der Waals surface area contributed by atoms with E-state index in [2.05, 4.69) is 4.72 Å². The molecule has 1 aromatic rings. The van der Waals surface area contributed by atoms with Gasteiger partial charge in [0.25, 0.3) is 5.69 Å². The van der Waals surface area contributed by atoms with Gasteiger partial charge in [-0.3, -0.25) is 14.8 Å². The van der Waals surface area contributed by atoms with Gasteiger partial charge in [0.05, 0.1) is 10.7 Å². The second kappa shape index (κ2) is 5.87. The average Bonchev–Trinajstić information content (AvgIpc) is 2.29. The molecule has 0 amide bonds. The molecule has 0 aliphatic rings. The van der Waals surface area contributed by atoms with Gasteiger partial charge in [-0.2, -0.15) is 0 Å². The van der Waals surface area contributed by atoms with Crippen molar-refractivity contribution in [2.24, 2.45) is 5.92 Å². The number of nitrogens with zero attached hydrogens (tertiary/aromatic N) is 1. The van der Waals surface area contributed by atoms with E-state index in [1.807, 2.05) is 13.8 Å². The molecule has 0 aliphatic heterocycles. The summed E-state index contributed by atoms with van der Waals surface area (Å²) in [7, 11) is -3.72. The van der Waals surface area contributed by atoms with Gasteiger partial charge in [-0.25, -0.2) is 8.42 Å². The van der Waals surface area contributed by atoms with Gasteiger partial charge in [-0.1, -0.05) is 19.9 Å². The maximum atomic E-state index is 11.8. The Labute approximate surface area is 111 Å². The minimum atomic E-state index is -3.72. The lowest BCUT2D eigenvalue weighted by molar-refractivity contribution is -0.383. The molecule has 0 spiro atoms. The van der Waals surface area contributed by atoms with E-state index in [9.17, 15) is 23.6 Å². The van der Waals surface area contributed by atoms with Crippen LogP contribution in [0.15, 0.2) is 18.2 Å². The van der Waals surface area contributed by atoms with Gasteiger partial charge in [0.15, 0.2) is 5.69 Å². The molecular formula is C11H16N2O5S. The first-order chi connectivity index (χ1) is 8.73. The zero-order valence-corrected chi connectivity index (χ0v) is 11.5. The molecule has 19 heavy (non-hydrogen) atoms. The molecule has 8 heteroatoms. The highest BCUT2D eigenvalue weighted by Gasteiger charge is 2.22. The predicted octanol–water partition coefficient (Wildman–Crippen LogP) is 2.09. The summed E-state index contributed by atoms with van der Waals surface area (Å²) in [5.41, 5.74) is -0.871. The number of anilines is 1. The summed E-state index contributed by atoms with van der Waals surface area (Å²) in [5.74, 6) is -0.436. The van der Waals surface area contributed by atoms with E-state index < -0.39 is 32.1 Å². The fourth-order valence-corrected chi connectivity index (χ4v) is 2.79. The first kappa shape index (κ1) is 15.2. The number of aromatic hydroxyl groups is 1. The number of nitrogens with one attached hydrogen (secondary N) is 1. The minimum absolute atomic E-state index is 0.157. The Kier molecular flexibility index (Phi) is 4.71. The maximum Gasteiger partial charge on any atom is 0.297 e. The number of nitro benzene ring substituents is 1. The van der Waals surface area contributed by atoms with Gasteiger partial charge in [0, 0.05) is 6.07 Å². The number of para-hydroxylation sites is 1. The van der Waals surface area contributed by atoms with Gasteiger partial charge < -0.3 is 5.11 Å². The summed E-state index contributed by atoms with van der Waals surface area (Å²) in [6, 6.07) is 3.59. The number of benzene rings is 1. The Balaban J connectivity index is 3.02. The van der Waals surface area contributed by atoms with Crippen LogP contribution in [0.1, 0.15) is 20.3 Å². The van der Waals surface area contributed by atoms with Crippen molar-refractivity contribution in [3.05, 3.63) is 28.3 Å². The molecule has 1 aromatic carbocycles. The van der Waals surface area contributed by atoms with Crippen LogP contribution in [0, 0.1) is 16.0 Å². The number of hydrogen-bond donors (Lipinski definition) is 2. The van der Waals surface area contributed by atoms with Crippen LogP contribution in [0.5, 0.6) is 5.75 Å². The van der Waals surface area contributed by atoms with Crippen LogP contribution in [0.4, 0.5) is 11.4 Å². The Morgan fingerprint density at radius 1 is 1.42 bits per heavy atom. The van der Waals surface area contributed by atoms with Crippen molar-refractivity contribution < 1.29 is 18.4 Å². The third kappa shape index (κ3) is 4.40. The van der Waals surface area contributed by atoms with Crippen LogP contribution in [-0.4, -0.2) is 24.2 Å². The van der Waals surface area contributed by atoms with Crippen LogP contribution in [0.3, 0.4) is 0 Å². The molecule has 0 radical (unpaired) electrons. The molecule has 2 N–H and O–H groups in total. The summed E-state index contributed by atoms with van der Waals surface area (Å²) >= 11 is 0. The van der Waals surface area contributed by atoms with Gasteiger partial charge in [0.1, 0.15) is 5.75 Å². The average molecular weight is 288 g/mol. The quantitative estimate of drug-likeness (QED) is 0.473. The molecule has 7 nitrogen and oxygen atoms in total. The number of hydrogen-bond acceptors (Lipinski definition) is 5. The fraction of sp³-hybridized carbons (Fsp3) is 0.455. The largest absolute Gasteiger partial charge is 0.505 e. The maximum absolute atomic E-state index is 11.8. The molecule has 0 atom stereocenters. The lowest BCUT2D eigenvalue weighted by atomic mass is 10.2. The lowest BCUT2D eigenvalue weighted by Crippen LogP contribution is -2.18. The van der Waals surface area contributed by atoms with Crippen LogP contribution in [-0.2, 0) is 10.0 Å². The molecule has 0 saturated heterocycles. The van der Waals surface area contributed by atoms with Crippen molar-refractivity contribution in [3.8, 4) is 5.75 Å². The normalized spacial score (nSPS) is 11.5. The summed E-state index contributed by atoms with van der Waals surface area (Å²) in [5, 5.41) is 20.3. The van der Waals surface area contributed by atoms with Crippen LogP contribution >= 0.6 is 0 Å². The zero-order chi connectivity index (χ0) is 14.6. The van der Waals surface area contributed by atoms with Gasteiger partial charge >= 0.3 is 0 Å². The number of rotatable bonds is 6. The van der Waals surface area contributed by atoms with Crippen molar-refractivity contribution in [2.45, 2.75) is 20.3 Å². The minimum Gasteiger partial charge on any atom is -0.505 e. The Hall–Kier alpha value is -1.83. The smallest absolute Gasteiger partial charge is 0.297 e. The standard InChI is InChI=1S/C11H16N2O5S/c1-8(2)6-7-19(17,18)12-11-9(13(15)16)4-3-5-10(11)14/h3-5,8,12,14H,6-7H2,1-2H3. The van der Waals surface area contributed by atoms with Crippen molar-refractivity contribution in [2.75, 3.05) is 10.5 Å². The summed E-state index contributed by atoms with van der Waals surface area (Å²) in [6.07, 6.45) is 0.427. The van der Waals surface area contributed by atoms with E-state index in [1.165, 1.54) is 12.1 Å². The highest BCUT2D eigenvalue weighted by atomic mass is 32.2. The van der Waals surface area contributed by atoms with Crippen LogP contribution in [0.25, 0.3) is 0 Å². The van der Waals surface area contributed by atoms with E-state index >= 15 is 0 Å². The molecule has 0 aromatic heterocycles. The number of sulfonamides is 1. The SMILES string of the molecule is CC(C)CCS(=O)(=O)Nc1c(O)cccc1[N+](=O)[O-]. The van der Waals surface area contributed by atoms with Crippen molar-refractivity contribution in [1.82, 2.24) is 0 Å². The summed E-state index contributed by atoms with van der Waals surface area (Å²) in [4.78, 5) is 10.0. The molecule has 106 valence electrons. The highest BCUT2D eigenvalue weighted by Crippen LogP contribution is 2.33. The Morgan fingerprint density at radius 3 is 2.58 bits per heavy atom. The molecule has 0 aliphatic carbocycles. The Morgan fingerprint density at radius 2 is 2.05 bits per heavy atom. The van der Waals surface area contributed by atoms with Crippen LogP contribution < -0.4 is 4.72 Å². The number of phenols is 1. The van der Waals surface area contributed by atoms with E-state index in [1.54, 1.807) is 0 Å². The molecule has 1 rings (SSSR count). The number of phenolic OH excluding ortho intramolecular Hbond substituents is 1. The van der Waals surface area contributed by atoms with Crippen molar-refractivity contribution in [3.63, 3.8) is 0 Å². The lowest BCUT2D eigenvalue weighted by Gasteiger charge is -2.10. The molecule has 0 heterocycles. The molecule has 0 bridgehead atoms. The third-order valence-corrected chi connectivity index (χ3v) is 3.73. The molecule has 0 fully saturated rings. The first-order valence-electron chi connectivity index (χ1n) is 5.70. The highest BCUT2D eigenvalue weighted by molar-refractivity contribution is 7.92. The molecular weight excluding hydrogens is 272 g/mol. The third-order valence-electron chi connectivity index (χ3n) is 2.44. The van der Waals surface area contributed by atoms with E-state index in [4.69, 9.17) is 0 Å². The van der Waals surface area contributed by atoms with Gasteiger partial charge in [-0.15, -0.1) is 0 Å². The zero-order valence-electron chi connectivity index (χ0n) is 10.7. The van der Waals surface area contributed by atoms with Crippen molar-refractivity contribution >= 4 is 21.4 Å². The van der Waals surface area contributed by atoms with E-state index in [-0.39, 0.29) is 11.7 Å². The number of nitro groups is 1. The van der Waals surface area contributed by atoms with Crippen molar-refractivity contribution in [1.29, 1.82) is 0 Å². The predicted molar refractivity (Wildman–Crippen MR) is 71.6 cm³/mol. The summed E-state index contributed by atoms with van der Waals surface area (Å²) in [6.45, 7) is 3.75. The van der Waals surface area contributed by atoms with Gasteiger partial charge in [-0.05, 0) is 18.4 Å². The van der Waals surface area contributed by atoms with Crippen LogP contribution in [0.2, 0.25) is 0 Å². The molecule has 0 saturated carbocycles. The topological polar surface area (TPSA) is 110 Å². The molecule has 0 unspecified atom stereocenters. The summed E-state index contributed by atoms with van der Waals surface area (Å²) < 4.78 is 25.6. The Bertz CT molecular complexity index is 568. The van der Waals surface area contributed by atoms with E-state index in [0.717, 1.165) is 6.07 Å². The van der Waals surface area contributed by atoms with Gasteiger partial charge in [0.2, 0.25) is 10.0 Å². The van der Waals surface area contributed by atoms with E-state index in [0.29, 0.717) is 6.42 Å².